The number of carbonyl (C=O) groups excluding carboxylic acids is 1. The van der Waals surface area contributed by atoms with E-state index in [4.69, 9.17) is 4.42 Å². The minimum atomic E-state index is -0.0258. The summed E-state index contributed by atoms with van der Waals surface area (Å²) in [6.45, 7) is 4.65. The van der Waals surface area contributed by atoms with Crippen LogP contribution >= 0.6 is 11.3 Å². The molecule has 1 aliphatic heterocycles. The molecule has 1 unspecified atom stereocenters. The fourth-order valence-corrected chi connectivity index (χ4v) is 3.44. The molecule has 0 amide bonds. The smallest absolute Gasteiger partial charge is 0.196 e. The van der Waals surface area contributed by atoms with Crippen LogP contribution in [0.15, 0.2) is 28.0 Å². The first-order valence-electron chi connectivity index (χ1n) is 6.10. The number of rotatable bonds is 2. The Morgan fingerprint density at radius 3 is 3.00 bits per heavy atom. The first-order chi connectivity index (χ1) is 8.66. The number of nitrogens with zero attached hydrogens (tertiary/aromatic N) is 1. The molecule has 1 atom stereocenters. The largest absolute Gasteiger partial charge is 0.437 e. The number of fused-ring (bicyclic) bond motifs is 1. The molecule has 0 spiro atoms. The van der Waals surface area contributed by atoms with Gasteiger partial charge in [0.1, 0.15) is 0 Å². The van der Waals surface area contributed by atoms with E-state index < -0.39 is 0 Å². The topological polar surface area (TPSA) is 33.5 Å². The highest BCUT2D eigenvalue weighted by Crippen LogP contribution is 2.36. The van der Waals surface area contributed by atoms with Crippen LogP contribution in [0.5, 0.6) is 0 Å². The molecule has 0 saturated heterocycles. The van der Waals surface area contributed by atoms with E-state index >= 15 is 0 Å². The number of thiophene rings is 1. The fraction of sp³-hybridized carbons (Fsp3) is 0.357. The summed E-state index contributed by atoms with van der Waals surface area (Å²) in [6.07, 6.45) is 1.05. The van der Waals surface area contributed by atoms with Crippen LogP contribution in [-0.2, 0) is 6.42 Å². The lowest BCUT2D eigenvalue weighted by atomic mass is 10.0. The molecule has 2 aromatic rings. The van der Waals surface area contributed by atoms with Crippen LogP contribution in [0.4, 0.5) is 5.88 Å². The minimum absolute atomic E-state index is 0.0258. The normalized spacial score (nSPS) is 18.8. The molecule has 94 valence electrons. The van der Waals surface area contributed by atoms with Gasteiger partial charge in [-0.15, -0.1) is 11.3 Å². The SMILES string of the molecule is CC(=O)c1ccc(N2CCc3sccc3C2C)o1. The second-order valence-electron chi connectivity index (χ2n) is 4.61. The van der Waals surface area contributed by atoms with E-state index in [2.05, 4.69) is 23.3 Å². The molecular formula is C14H15NO2S. The molecule has 0 fully saturated rings. The Kier molecular flexibility index (Phi) is 2.74. The van der Waals surface area contributed by atoms with E-state index in [1.807, 2.05) is 17.4 Å². The quantitative estimate of drug-likeness (QED) is 0.773. The van der Waals surface area contributed by atoms with Crippen molar-refractivity contribution in [3.05, 3.63) is 39.8 Å². The Balaban J connectivity index is 1.91. The third kappa shape index (κ3) is 1.77. The maximum absolute atomic E-state index is 11.3. The summed E-state index contributed by atoms with van der Waals surface area (Å²) >= 11 is 1.83. The molecule has 4 heteroatoms. The van der Waals surface area contributed by atoms with Crippen molar-refractivity contribution >= 4 is 23.0 Å². The second-order valence-corrected chi connectivity index (χ2v) is 5.61. The molecule has 0 aromatic carbocycles. The van der Waals surface area contributed by atoms with Crippen molar-refractivity contribution in [2.24, 2.45) is 0 Å². The van der Waals surface area contributed by atoms with Gasteiger partial charge in [0.15, 0.2) is 17.4 Å². The van der Waals surface area contributed by atoms with E-state index in [-0.39, 0.29) is 5.78 Å². The molecule has 0 aliphatic carbocycles. The third-order valence-corrected chi connectivity index (χ3v) is 4.50. The number of carbonyl (C=O) groups is 1. The standard InChI is InChI=1S/C14H15NO2S/c1-9-11-6-8-18-13(11)5-7-15(9)14-4-3-12(17-14)10(2)16/h3-4,6,8-9H,5,7H2,1-2H3. The lowest BCUT2D eigenvalue weighted by Gasteiger charge is -2.33. The zero-order chi connectivity index (χ0) is 12.7. The highest BCUT2D eigenvalue weighted by Gasteiger charge is 2.26. The van der Waals surface area contributed by atoms with Crippen LogP contribution in [0.3, 0.4) is 0 Å². The lowest BCUT2D eigenvalue weighted by molar-refractivity contribution is 0.0987. The summed E-state index contributed by atoms with van der Waals surface area (Å²) in [6, 6.07) is 6.15. The van der Waals surface area contributed by atoms with Gasteiger partial charge in [0.2, 0.25) is 0 Å². The third-order valence-electron chi connectivity index (χ3n) is 3.50. The fourth-order valence-electron chi connectivity index (χ4n) is 2.48. The van der Waals surface area contributed by atoms with Crippen LogP contribution in [-0.4, -0.2) is 12.3 Å². The second kappa shape index (κ2) is 4.28. The Bertz CT molecular complexity index is 584. The van der Waals surface area contributed by atoms with Gasteiger partial charge >= 0.3 is 0 Å². The average Bonchev–Trinajstić information content (AvgIpc) is 2.97. The summed E-state index contributed by atoms with van der Waals surface area (Å²) in [7, 11) is 0. The van der Waals surface area contributed by atoms with Gasteiger partial charge in [-0.2, -0.15) is 0 Å². The molecule has 0 bridgehead atoms. The van der Waals surface area contributed by atoms with Crippen LogP contribution in [0.1, 0.15) is 40.9 Å². The van der Waals surface area contributed by atoms with Gasteiger partial charge in [0, 0.05) is 24.4 Å². The van der Waals surface area contributed by atoms with E-state index in [0.29, 0.717) is 11.8 Å². The number of anilines is 1. The molecule has 3 nitrogen and oxygen atoms in total. The lowest BCUT2D eigenvalue weighted by Crippen LogP contribution is -2.32. The van der Waals surface area contributed by atoms with Gasteiger partial charge in [0.25, 0.3) is 0 Å². The van der Waals surface area contributed by atoms with Gasteiger partial charge in [-0.05, 0) is 36.4 Å². The first kappa shape index (κ1) is 11.5. The van der Waals surface area contributed by atoms with Crippen molar-refractivity contribution in [3.63, 3.8) is 0 Å². The molecule has 3 heterocycles. The molecule has 0 radical (unpaired) electrons. The Morgan fingerprint density at radius 2 is 2.28 bits per heavy atom. The Hall–Kier alpha value is -1.55. The number of hydrogen-bond donors (Lipinski definition) is 0. The number of hydrogen-bond acceptors (Lipinski definition) is 4. The predicted octanol–water partition coefficient (Wildman–Crippen LogP) is 3.67. The van der Waals surface area contributed by atoms with Crippen LogP contribution in [0, 0.1) is 0 Å². The van der Waals surface area contributed by atoms with Crippen LogP contribution in [0.2, 0.25) is 0 Å². The van der Waals surface area contributed by atoms with Crippen molar-refractivity contribution in [1.29, 1.82) is 0 Å². The van der Waals surface area contributed by atoms with Crippen molar-refractivity contribution < 1.29 is 9.21 Å². The molecule has 2 aromatic heterocycles. The predicted molar refractivity (Wildman–Crippen MR) is 72.5 cm³/mol. The van der Waals surface area contributed by atoms with E-state index in [1.165, 1.54) is 17.4 Å². The van der Waals surface area contributed by atoms with Crippen LogP contribution in [0.25, 0.3) is 0 Å². The van der Waals surface area contributed by atoms with Crippen LogP contribution < -0.4 is 4.90 Å². The summed E-state index contributed by atoms with van der Waals surface area (Å²) in [5.74, 6) is 1.21. The van der Waals surface area contributed by atoms with Crippen molar-refractivity contribution in [2.75, 3.05) is 11.4 Å². The van der Waals surface area contributed by atoms with E-state index in [0.717, 1.165) is 18.8 Å². The number of ketones is 1. The first-order valence-corrected chi connectivity index (χ1v) is 6.98. The van der Waals surface area contributed by atoms with E-state index in [9.17, 15) is 4.79 Å². The molecule has 0 saturated carbocycles. The van der Waals surface area contributed by atoms with Crippen molar-refractivity contribution in [2.45, 2.75) is 26.3 Å². The zero-order valence-electron chi connectivity index (χ0n) is 10.5. The molecular weight excluding hydrogens is 246 g/mol. The van der Waals surface area contributed by atoms with Gasteiger partial charge in [0.05, 0.1) is 6.04 Å². The molecule has 3 rings (SSSR count). The van der Waals surface area contributed by atoms with Gasteiger partial charge in [-0.3, -0.25) is 4.79 Å². The number of Topliss-reactive ketones (excluding diaryl/α,β-unsaturated/α-hetero) is 1. The van der Waals surface area contributed by atoms with Gasteiger partial charge in [-0.1, -0.05) is 0 Å². The number of furan rings is 1. The maximum Gasteiger partial charge on any atom is 0.196 e. The average molecular weight is 261 g/mol. The summed E-state index contributed by atoms with van der Waals surface area (Å²) in [4.78, 5) is 15.0. The minimum Gasteiger partial charge on any atom is -0.437 e. The van der Waals surface area contributed by atoms with Crippen molar-refractivity contribution in [1.82, 2.24) is 0 Å². The summed E-state index contributed by atoms with van der Waals surface area (Å²) in [5, 5.41) is 2.15. The maximum atomic E-state index is 11.3. The highest BCUT2D eigenvalue weighted by molar-refractivity contribution is 7.10. The molecule has 18 heavy (non-hydrogen) atoms. The van der Waals surface area contributed by atoms with Gasteiger partial charge < -0.3 is 9.32 Å². The Morgan fingerprint density at radius 1 is 1.44 bits per heavy atom. The Labute approximate surface area is 110 Å². The highest BCUT2D eigenvalue weighted by atomic mass is 32.1. The monoisotopic (exact) mass is 261 g/mol. The van der Waals surface area contributed by atoms with E-state index in [1.54, 1.807) is 6.07 Å². The summed E-state index contributed by atoms with van der Waals surface area (Å²) in [5.41, 5.74) is 1.38. The zero-order valence-corrected chi connectivity index (χ0v) is 11.3. The molecule has 0 N–H and O–H groups in total. The summed E-state index contributed by atoms with van der Waals surface area (Å²) < 4.78 is 5.63. The van der Waals surface area contributed by atoms with Gasteiger partial charge in [-0.25, -0.2) is 0 Å². The molecule has 1 aliphatic rings. The van der Waals surface area contributed by atoms with Crippen molar-refractivity contribution in [3.8, 4) is 0 Å².